The van der Waals surface area contributed by atoms with E-state index in [-0.39, 0.29) is 0 Å². The minimum atomic E-state index is 0.427. The van der Waals surface area contributed by atoms with Gasteiger partial charge in [-0.3, -0.25) is 0 Å². The van der Waals surface area contributed by atoms with E-state index in [0.717, 1.165) is 17.1 Å². The first-order valence-electron chi connectivity index (χ1n) is 6.25. The maximum Gasteiger partial charge on any atom is 0.122 e. The average Bonchev–Trinajstić information content (AvgIpc) is 2.47. The molecule has 0 aliphatic heterocycles. The van der Waals surface area contributed by atoms with Crippen molar-refractivity contribution in [2.75, 3.05) is 13.2 Å². The van der Waals surface area contributed by atoms with Crippen LogP contribution in [0.3, 0.4) is 0 Å². The maximum atomic E-state index is 8.59. The Balaban J connectivity index is 1.73. The van der Waals surface area contributed by atoms with Gasteiger partial charge in [0.15, 0.2) is 0 Å². The Morgan fingerprint density at radius 3 is 1.85 bits per heavy atom. The lowest BCUT2D eigenvalue weighted by molar-refractivity contribution is 0.217. The summed E-state index contributed by atoms with van der Waals surface area (Å²) in [6, 6.07) is 17.6. The van der Waals surface area contributed by atoms with E-state index in [9.17, 15) is 0 Å². The molecular formula is C16H14INO2. The molecule has 0 aliphatic carbocycles. The van der Waals surface area contributed by atoms with Crippen molar-refractivity contribution in [3.63, 3.8) is 0 Å². The van der Waals surface area contributed by atoms with Crippen molar-refractivity contribution >= 4 is 22.6 Å². The van der Waals surface area contributed by atoms with Gasteiger partial charge in [-0.15, -0.1) is 0 Å². The molecule has 0 saturated carbocycles. The van der Waals surface area contributed by atoms with Crippen LogP contribution in [0.15, 0.2) is 48.5 Å². The van der Waals surface area contributed by atoms with Crippen LogP contribution in [0, 0.1) is 14.9 Å². The number of nitriles is 1. The molecule has 0 atom stereocenters. The van der Waals surface area contributed by atoms with Crippen LogP contribution in [0.5, 0.6) is 11.5 Å². The molecule has 0 aromatic heterocycles. The monoisotopic (exact) mass is 379 g/mol. The van der Waals surface area contributed by atoms with E-state index in [2.05, 4.69) is 28.7 Å². The summed E-state index contributed by atoms with van der Waals surface area (Å²) in [5, 5.41) is 8.59. The van der Waals surface area contributed by atoms with E-state index >= 15 is 0 Å². The van der Waals surface area contributed by atoms with E-state index in [1.165, 1.54) is 3.57 Å². The van der Waals surface area contributed by atoms with Crippen LogP contribution in [-0.2, 0) is 6.42 Å². The van der Waals surface area contributed by atoms with Crippen LogP contribution < -0.4 is 9.47 Å². The highest BCUT2D eigenvalue weighted by Crippen LogP contribution is 2.14. The molecule has 2 rings (SSSR count). The summed E-state index contributed by atoms with van der Waals surface area (Å²) in [5.41, 5.74) is 0.995. The Labute approximate surface area is 132 Å². The molecule has 0 amide bonds. The van der Waals surface area contributed by atoms with E-state index < -0.39 is 0 Å². The fourth-order valence-corrected chi connectivity index (χ4v) is 2.00. The van der Waals surface area contributed by atoms with Crippen LogP contribution >= 0.6 is 22.6 Å². The number of ether oxygens (including phenoxy) is 2. The van der Waals surface area contributed by atoms with E-state index in [0.29, 0.717) is 19.6 Å². The molecule has 0 radical (unpaired) electrons. The van der Waals surface area contributed by atoms with Gasteiger partial charge < -0.3 is 9.47 Å². The molecule has 3 nitrogen and oxygen atoms in total. The number of halogens is 1. The molecule has 0 saturated heterocycles. The quantitative estimate of drug-likeness (QED) is 0.566. The van der Waals surface area contributed by atoms with Crippen molar-refractivity contribution in [3.8, 4) is 17.6 Å². The minimum Gasteiger partial charge on any atom is -0.490 e. The second-order valence-corrected chi connectivity index (χ2v) is 5.38. The summed E-state index contributed by atoms with van der Waals surface area (Å²) >= 11 is 2.26. The van der Waals surface area contributed by atoms with E-state index in [1.807, 2.05) is 48.5 Å². The van der Waals surface area contributed by atoms with Gasteiger partial charge in [0.2, 0.25) is 0 Å². The molecule has 4 heteroatoms. The Kier molecular flexibility index (Phi) is 5.69. The van der Waals surface area contributed by atoms with Crippen LogP contribution in [-0.4, -0.2) is 13.2 Å². The van der Waals surface area contributed by atoms with Crippen molar-refractivity contribution in [1.82, 2.24) is 0 Å². The van der Waals surface area contributed by atoms with Crippen LogP contribution in [0.1, 0.15) is 5.56 Å². The summed E-state index contributed by atoms with van der Waals surface area (Å²) in [6.45, 7) is 0.990. The second kappa shape index (κ2) is 7.75. The molecule has 0 aliphatic rings. The van der Waals surface area contributed by atoms with Gasteiger partial charge in [0.25, 0.3) is 0 Å². The molecule has 102 valence electrons. The zero-order chi connectivity index (χ0) is 14.2. The third-order valence-corrected chi connectivity index (χ3v) is 3.36. The first-order chi connectivity index (χ1) is 9.78. The number of benzene rings is 2. The zero-order valence-corrected chi connectivity index (χ0v) is 13.0. The Bertz CT molecular complexity index is 573. The van der Waals surface area contributed by atoms with Gasteiger partial charge in [-0.25, -0.2) is 0 Å². The van der Waals surface area contributed by atoms with Crippen molar-refractivity contribution in [2.24, 2.45) is 0 Å². The topological polar surface area (TPSA) is 42.2 Å². The van der Waals surface area contributed by atoms with Gasteiger partial charge in [-0.2, -0.15) is 5.26 Å². The van der Waals surface area contributed by atoms with Gasteiger partial charge in [0.1, 0.15) is 24.7 Å². The SMILES string of the molecule is N#CCc1ccc(OCCOc2ccc(I)cc2)cc1. The summed E-state index contributed by atoms with van der Waals surface area (Å²) < 4.78 is 12.3. The van der Waals surface area contributed by atoms with E-state index in [1.54, 1.807) is 0 Å². The Hall–Kier alpha value is -1.74. The first kappa shape index (κ1) is 14.7. The van der Waals surface area contributed by atoms with Crippen molar-refractivity contribution < 1.29 is 9.47 Å². The molecule has 0 unspecified atom stereocenters. The molecule has 0 fully saturated rings. The summed E-state index contributed by atoms with van der Waals surface area (Å²) in [5.74, 6) is 1.64. The largest absolute Gasteiger partial charge is 0.490 e. The van der Waals surface area contributed by atoms with Crippen molar-refractivity contribution in [3.05, 3.63) is 57.7 Å². The van der Waals surface area contributed by atoms with Crippen molar-refractivity contribution in [1.29, 1.82) is 5.26 Å². The molecule has 20 heavy (non-hydrogen) atoms. The van der Waals surface area contributed by atoms with Gasteiger partial charge in [0, 0.05) is 3.57 Å². The lowest BCUT2D eigenvalue weighted by atomic mass is 10.2. The summed E-state index contributed by atoms with van der Waals surface area (Å²) in [4.78, 5) is 0. The van der Waals surface area contributed by atoms with Crippen molar-refractivity contribution in [2.45, 2.75) is 6.42 Å². The Morgan fingerprint density at radius 2 is 1.35 bits per heavy atom. The lowest BCUT2D eigenvalue weighted by Gasteiger charge is -2.08. The van der Waals surface area contributed by atoms with E-state index in [4.69, 9.17) is 14.7 Å². The number of hydrogen-bond donors (Lipinski definition) is 0. The maximum absolute atomic E-state index is 8.59. The smallest absolute Gasteiger partial charge is 0.122 e. The molecular weight excluding hydrogens is 365 g/mol. The highest BCUT2D eigenvalue weighted by atomic mass is 127. The van der Waals surface area contributed by atoms with Crippen LogP contribution in [0.2, 0.25) is 0 Å². The lowest BCUT2D eigenvalue weighted by Crippen LogP contribution is -2.08. The van der Waals surface area contributed by atoms with Gasteiger partial charge in [0.05, 0.1) is 12.5 Å². The predicted molar refractivity (Wildman–Crippen MR) is 85.9 cm³/mol. The third kappa shape index (κ3) is 4.74. The second-order valence-electron chi connectivity index (χ2n) is 4.13. The molecule has 2 aromatic rings. The fourth-order valence-electron chi connectivity index (χ4n) is 1.64. The number of hydrogen-bond acceptors (Lipinski definition) is 3. The number of rotatable bonds is 6. The highest BCUT2D eigenvalue weighted by Gasteiger charge is 1.97. The zero-order valence-electron chi connectivity index (χ0n) is 10.9. The molecule has 0 spiro atoms. The Morgan fingerprint density at radius 1 is 0.850 bits per heavy atom. The third-order valence-electron chi connectivity index (χ3n) is 2.64. The van der Waals surface area contributed by atoms with Crippen LogP contribution in [0.4, 0.5) is 0 Å². The van der Waals surface area contributed by atoms with Gasteiger partial charge in [-0.05, 0) is 64.6 Å². The minimum absolute atomic E-state index is 0.427. The predicted octanol–water partition coefficient (Wildman–Crippen LogP) is 3.82. The highest BCUT2D eigenvalue weighted by molar-refractivity contribution is 14.1. The van der Waals surface area contributed by atoms with Gasteiger partial charge in [-0.1, -0.05) is 12.1 Å². The molecule has 0 bridgehead atoms. The summed E-state index contributed by atoms with van der Waals surface area (Å²) in [7, 11) is 0. The normalized spacial score (nSPS) is 9.80. The molecule has 2 aromatic carbocycles. The standard InChI is InChI=1S/C16H14INO2/c17-14-3-7-16(8-4-14)20-12-11-19-15-5-1-13(2-6-15)9-10-18/h1-8H,9,11-12H2. The fraction of sp³-hybridized carbons (Fsp3) is 0.188. The molecule has 0 heterocycles. The average molecular weight is 379 g/mol. The van der Waals surface area contributed by atoms with Crippen LogP contribution in [0.25, 0.3) is 0 Å². The molecule has 0 N–H and O–H groups in total. The number of nitrogens with zero attached hydrogens (tertiary/aromatic N) is 1. The van der Waals surface area contributed by atoms with Gasteiger partial charge >= 0.3 is 0 Å². The first-order valence-corrected chi connectivity index (χ1v) is 7.33. The summed E-state index contributed by atoms with van der Waals surface area (Å²) in [6.07, 6.45) is 0.427.